The predicted molar refractivity (Wildman–Crippen MR) is 66.1 cm³/mol. The van der Waals surface area contributed by atoms with Gasteiger partial charge in [-0.25, -0.2) is 0 Å². The Balaban J connectivity index is 2.45. The third kappa shape index (κ3) is 4.55. The summed E-state index contributed by atoms with van der Waals surface area (Å²) in [5.74, 6) is 0.422. The van der Waals surface area contributed by atoms with Gasteiger partial charge in [-0.1, -0.05) is 0 Å². The molecular formula is C9H11BrO3S2. The summed E-state index contributed by atoms with van der Waals surface area (Å²) >= 11 is 4.64. The van der Waals surface area contributed by atoms with Crippen molar-refractivity contribution in [2.75, 3.05) is 25.2 Å². The van der Waals surface area contributed by atoms with Crippen molar-refractivity contribution < 1.29 is 13.7 Å². The van der Waals surface area contributed by atoms with Gasteiger partial charge in [0.15, 0.2) is 5.78 Å². The van der Waals surface area contributed by atoms with E-state index in [4.69, 9.17) is 4.74 Å². The number of hydrogen-bond donors (Lipinski definition) is 0. The average Bonchev–Trinajstić information content (AvgIpc) is 2.61. The second-order valence-electron chi connectivity index (χ2n) is 2.81. The lowest BCUT2D eigenvalue weighted by Crippen LogP contribution is -2.14. The lowest BCUT2D eigenvalue weighted by atomic mass is 10.4. The van der Waals surface area contributed by atoms with Crippen molar-refractivity contribution in [2.24, 2.45) is 0 Å². The van der Waals surface area contributed by atoms with Gasteiger partial charge in [0.1, 0.15) is 0 Å². The number of Topliss-reactive ketones (excluding diaryl/α,β-unsaturated/α-hetero) is 1. The van der Waals surface area contributed by atoms with Crippen molar-refractivity contribution in [3.63, 3.8) is 0 Å². The van der Waals surface area contributed by atoms with Gasteiger partial charge < -0.3 is 4.74 Å². The molecule has 1 unspecified atom stereocenters. The molecule has 0 radical (unpaired) electrons. The van der Waals surface area contributed by atoms with E-state index in [0.29, 0.717) is 17.2 Å². The fraction of sp³-hybridized carbons (Fsp3) is 0.444. The van der Waals surface area contributed by atoms with Gasteiger partial charge in [0.2, 0.25) is 0 Å². The number of carbonyl (C=O) groups excluding carboxylic acids is 1. The van der Waals surface area contributed by atoms with E-state index in [1.165, 1.54) is 11.3 Å². The van der Waals surface area contributed by atoms with Crippen LogP contribution >= 0.6 is 27.3 Å². The van der Waals surface area contributed by atoms with Crippen molar-refractivity contribution in [1.82, 2.24) is 0 Å². The van der Waals surface area contributed by atoms with Crippen molar-refractivity contribution in [3.05, 3.63) is 20.8 Å². The first-order chi connectivity index (χ1) is 7.13. The summed E-state index contributed by atoms with van der Waals surface area (Å²) in [5, 5.41) is 0. The van der Waals surface area contributed by atoms with E-state index in [1.807, 2.05) is 6.07 Å². The normalized spacial score (nSPS) is 12.7. The first-order valence-electron chi connectivity index (χ1n) is 4.26. The minimum atomic E-state index is -1.12. The van der Waals surface area contributed by atoms with Gasteiger partial charge in [-0.15, -0.1) is 11.3 Å². The number of halogens is 1. The number of ketones is 1. The van der Waals surface area contributed by atoms with Crippen LogP contribution < -0.4 is 0 Å². The lowest BCUT2D eigenvalue weighted by molar-refractivity contribution is 0.102. The Morgan fingerprint density at radius 1 is 1.60 bits per heavy atom. The minimum absolute atomic E-state index is 0.0693. The Morgan fingerprint density at radius 3 is 2.87 bits per heavy atom. The molecule has 0 aliphatic heterocycles. The van der Waals surface area contributed by atoms with Crippen molar-refractivity contribution in [3.8, 4) is 0 Å². The van der Waals surface area contributed by atoms with Gasteiger partial charge in [-0.05, 0) is 28.1 Å². The Labute approximate surface area is 103 Å². The fourth-order valence-electron chi connectivity index (χ4n) is 0.930. The van der Waals surface area contributed by atoms with E-state index < -0.39 is 10.8 Å². The van der Waals surface area contributed by atoms with E-state index in [2.05, 4.69) is 15.9 Å². The van der Waals surface area contributed by atoms with Crippen LogP contribution in [0.1, 0.15) is 9.67 Å². The van der Waals surface area contributed by atoms with Crippen LogP contribution in [0.25, 0.3) is 0 Å². The fourth-order valence-corrected chi connectivity index (χ4v) is 3.29. The number of ether oxygens (including phenoxy) is 1. The average molecular weight is 311 g/mol. The van der Waals surface area contributed by atoms with E-state index in [9.17, 15) is 9.00 Å². The summed E-state index contributed by atoms with van der Waals surface area (Å²) in [4.78, 5) is 12.2. The molecule has 3 nitrogen and oxygen atoms in total. The molecule has 1 aromatic rings. The highest BCUT2D eigenvalue weighted by atomic mass is 79.9. The summed E-state index contributed by atoms with van der Waals surface area (Å²) < 4.78 is 17.1. The number of thiophene rings is 1. The Bertz CT molecular complexity index is 362. The zero-order valence-corrected chi connectivity index (χ0v) is 11.4. The topological polar surface area (TPSA) is 43.4 Å². The molecule has 0 spiro atoms. The molecule has 6 heteroatoms. The highest BCUT2D eigenvalue weighted by molar-refractivity contribution is 9.11. The number of hydrogen-bond acceptors (Lipinski definition) is 4. The van der Waals surface area contributed by atoms with Crippen molar-refractivity contribution in [2.45, 2.75) is 0 Å². The van der Waals surface area contributed by atoms with E-state index >= 15 is 0 Å². The standard InChI is InChI=1S/C9H11BrO3S2/c1-13-4-5-15(12)6-7(11)8-2-3-9(10)14-8/h2-3H,4-6H2,1H3. The SMILES string of the molecule is COCCS(=O)CC(=O)c1ccc(Br)s1. The van der Waals surface area contributed by atoms with Crippen LogP contribution in [0, 0.1) is 0 Å². The van der Waals surface area contributed by atoms with Gasteiger partial charge in [0.25, 0.3) is 0 Å². The third-order valence-electron chi connectivity index (χ3n) is 1.66. The molecule has 84 valence electrons. The lowest BCUT2D eigenvalue weighted by Gasteiger charge is -1.99. The molecule has 0 bridgehead atoms. The van der Waals surface area contributed by atoms with Gasteiger partial charge in [-0.3, -0.25) is 9.00 Å². The van der Waals surface area contributed by atoms with Gasteiger partial charge in [-0.2, -0.15) is 0 Å². The van der Waals surface area contributed by atoms with Gasteiger partial charge in [0, 0.05) is 23.7 Å². The summed E-state index contributed by atoms with van der Waals surface area (Å²) in [5.41, 5.74) is 0. The molecule has 0 saturated heterocycles. The zero-order valence-electron chi connectivity index (χ0n) is 8.20. The molecule has 0 aliphatic carbocycles. The van der Waals surface area contributed by atoms with E-state index in [1.54, 1.807) is 13.2 Å². The van der Waals surface area contributed by atoms with Crippen LogP contribution in [0.4, 0.5) is 0 Å². The molecule has 0 amide bonds. The van der Waals surface area contributed by atoms with Crippen LogP contribution in [0.2, 0.25) is 0 Å². The Morgan fingerprint density at radius 2 is 2.33 bits per heavy atom. The predicted octanol–water partition coefficient (Wildman–Crippen LogP) is 2.09. The molecule has 1 rings (SSSR count). The maximum absolute atomic E-state index is 11.6. The second kappa shape index (κ2) is 6.52. The maximum atomic E-state index is 11.6. The first kappa shape index (κ1) is 13.0. The summed E-state index contributed by atoms with van der Waals surface area (Å²) in [6.45, 7) is 0.425. The molecule has 0 fully saturated rings. The van der Waals surface area contributed by atoms with E-state index in [0.717, 1.165) is 3.79 Å². The molecular weight excluding hydrogens is 300 g/mol. The van der Waals surface area contributed by atoms with E-state index in [-0.39, 0.29) is 11.5 Å². The highest BCUT2D eigenvalue weighted by Crippen LogP contribution is 2.22. The monoisotopic (exact) mass is 310 g/mol. The zero-order chi connectivity index (χ0) is 11.3. The van der Waals surface area contributed by atoms with Crippen molar-refractivity contribution >= 4 is 43.8 Å². The second-order valence-corrected chi connectivity index (χ2v) is 6.85. The smallest absolute Gasteiger partial charge is 0.185 e. The molecule has 1 heterocycles. The van der Waals surface area contributed by atoms with Crippen LogP contribution in [0.3, 0.4) is 0 Å². The largest absolute Gasteiger partial charge is 0.384 e. The molecule has 1 atom stereocenters. The quantitative estimate of drug-likeness (QED) is 0.756. The minimum Gasteiger partial charge on any atom is -0.384 e. The maximum Gasteiger partial charge on any atom is 0.185 e. The van der Waals surface area contributed by atoms with Gasteiger partial charge >= 0.3 is 0 Å². The molecule has 0 aliphatic rings. The van der Waals surface area contributed by atoms with Crippen molar-refractivity contribution in [1.29, 1.82) is 0 Å². The third-order valence-corrected chi connectivity index (χ3v) is 4.53. The number of rotatable bonds is 6. The summed E-state index contributed by atoms with van der Waals surface area (Å²) in [6.07, 6.45) is 0. The number of carbonyl (C=O) groups is 1. The molecule has 0 aromatic carbocycles. The first-order valence-corrected chi connectivity index (χ1v) is 7.35. The molecule has 0 saturated carbocycles. The Kier molecular flexibility index (Phi) is 5.66. The highest BCUT2D eigenvalue weighted by Gasteiger charge is 2.12. The summed E-state index contributed by atoms with van der Waals surface area (Å²) in [7, 11) is 0.427. The van der Waals surface area contributed by atoms with Crippen LogP contribution in [-0.4, -0.2) is 35.2 Å². The van der Waals surface area contributed by atoms with Crippen LogP contribution in [0.5, 0.6) is 0 Å². The molecule has 0 N–H and O–H groups in total. The molecule has 1 aromatic heterocycles. The molecule has 15 heavy (non-hydrogen) atoms. The van der Waals surface area contributed by atoms with Crippen LogP contribution in [0.15, 0.2) is 15.9 Å². The van der Waals surface area contributed by atoms with Crippen LogP contribution in [-0.2, 0) is 15.5 Å². The van der Waals surface area contributed by atoms with Gasteiger partial charge in [0.05, 0.1) is 21.0 Å². The summed E-state index contributed by atoms with van der Waals surface area (Å²) in [6, 6.07) is 3.56. The Hall–Kier alpha value is -0.0400. The number of methoxy groups -OCH3 is 1.